The quantitative estimate of drug-likeness (QED) is 0.554. The fourth-order valence-corrected chi connectivity index (χ4v) is 0.497. The molecule has 3 N–H and O–H groups in total. The summed E-state index contributed by atoms with van der Waals surface area (Å²) in [4.78, 5) is 10.2. The van der Waals surface area contributed by atoms with E-state index in [1.54, 1.807) is 0 Å². The number of aliphatic carboxylic acids is 1. The van der Waals surface area contributed by atoms with E-state index in [1.165, 1.54) is 0 Å². The Hall–Kier alpha value is 0.430. The summed E-state index contributed by atoms with van der Waals surface area (Å²) in [7, 11) is 0. The van der Waals surface area contributed by atoms with Crippen molar-refractivity contribution in [3.63, 3.8) is 0 Å². The van der Waals surface area contributed by atoms with Crippen LogP contribution < -0.4 is 5.73 Å². The molecule has 0 aliphatic rings. The van der Waals surface area contributed by atoms with Crippen LogP contribution in [0.1, 0.15) is 20.3 Å². The molecule has 0 bridgehead atoms. The first-order valence-electron chi connectivity index (χ1n) is 3.08. The molecule has 0 aliphatic carbocycles. The summed E-state index contributed by atoms with van der Waals surface area (Å²) in [6.45, 7) is 3.76. The standard InChI is InChI=1S/C6H13NO2.Na.H/c1-3-4(2)5(7)6(8)9;;/h4-5H,3,7H2,1-2H3,(H,8,9);;/t4-,5-;;/m0../s1. The van der Waals surface area contributed by atoms with Gasteiger partial charge in [-0.2, -0.15) is 0 Å². The van der Waals surface area contributed by atoms with Crippen LogP contribution in [0.25, 0.3) is 0 Å². The van der Waals surface area contributed by atoms with E-state index in [1.807, 2.05) is 13.8 Å². The predicted molar refractivity (Wildman–Crippen MR) is 42.2 cm³/mol. The number of carbonyl (C=O) groups is 1. The van der Waals surface area contributed by atoms with Crippen LogP contribution in [0.2, 0.25) is 0 Å². The van der Waals surface area contributed by atoms with Crippen molar-refractivity contribution >= 4 is 35.5 Å². The van der Waals surface area contributed by atoms with Crippen LogP contribution in [0.15, 0.2) is 0 Å². The third-order valence-electron chi connectivity index (χ3n) is 1.54. The molecule has 0 amide bonds. The molecular formula is C6H14NNaO2. The third kappa shape index (κ3) is 4.28. The Kier molecular flexibility index (Phi) is 8.04. The van der Waals surface area contributed by atoms with Crippen LogP contribution in [0, 0.1) is 5.92 Å². The first-order chi connectivity index (χ1) is 4.09. The van der Waals surface area contributed by atoms with Crippen molar-refractivity contribution in [2.75, 3.05) is 0 Å². The van der Waals surface area contributed by atoms with E-state index in [2.05, 4.69) is 0 Å². The molecule has 0 spiro atoms. The zero-order chi connectivity index (χ0) is 7.44. The van der Waals surface area contributed by atoms with Crippen molar-refractivity contribution in [3.05, 3.63) is 0 Å². The van der Waals surface area contributed by atoms with Crippen molar-refractivity contribution in [2.45, 2.75) is 26.3 Å². The van der Waals surface area contributed by atoms with Gasteiger partial charge in [-0.25, -0.2) is 0 Å². The van der Waals surface area contributed by atoms with Crippen LogP contribution in [0.5, 0.6) is 0 Å². The molecule has 3 nitrogen and oxygen atoms in total. The second-order valence-corrected chi connectivity index (χ2v) is 2.25. The first-order valence-corrected chi connectivity index (χ1v) is 3.08. The number of carboxylic acid groups (broad SMARTS) is 1. The Labute approximate surface area is 83.3 Å². The van der Waals surface area contributed by atoms with E-state index >= 15 is 0 Å². The van der Waals surface area contributed by atoms with Crippen LogP contribution in [0.4, 0.5) is 0 Å². The second kappa shape index (κ2) is 6.16. The monoisotopic (exact) mass is 155 g/mol. The Morgan fingerprint density at radius 1 is 1.70 bits per heavy atom. The van der Waals surface area contributed by atoms with E-state index in [0.29, 0.717) is 0 Å². The van der Waals surface area contributed by atoms with Crippen molar-refractivity contribution < 1.29 is 9.90 Å². The molecule has 0 aromatic carbocycles. The normalized spacial score (nSPS) is 15.1. The van der Waals surface area contributed by atoms with Crippen molar-refractivity contribution in [3.8, 4) is 0 Å². The van der Waals surface area contributed by atoms with Gasteiger partial charge < -0.3 is 10.8 Å². The summed E-state index contributed by atoms with van der Waals surface area (Å²) < 4.78 is 0. The molecule has 0 saturated carbocycles. The van der Waals surface area contributed by atoms with Gasteiger partial charge in [0.2, 0.25) is 0 Å². The van der Waals surface area contributed by atoms with Gasteiger partial charge in [-0.1, -0.05) is 20.3 Å². The van der Waals surface area contributed by atoms with Gasteiger partial charge in [0.25, 0.3) is 0 Å². The molecular weight excluding hydrogens is 141 g/mol. The molecule has 0 rings (SSSR count). The molecule has 0 unspecified atom stereocenters. The second-order valence-electron chi connectivity index (χ2n) is 2.25. The van der Waals surface area contributed by atoms with Gasteiger partial charge in [-0.15, -0.1) is 0 Å². The van der Waals surface area contributed by atoms with Crippen LogP contribution >= 0.6 is 0 Å². The van der Waals surface area contributed by atoms with Crippen LogP contribution in [0.3, 0.4) is 0 Å². The van der Waals surface area contributed by atoms with E-state index in [4.69, 9.17) is 10.8 Å². The summed E-state index contributed by atoms with van der Waals surface area (Å²) in [5, 5.41) is 8.36. The van der Waals surface area contributed by atoms with Gasteiger partial charge in [-0.05, 0) is 5.92 Å². The summed E-state index contributed by atoms with van der Waals surface area (Å²) in [5.74, 6) is -0.841. The molecule has 0 aliphatic heterocycles. The van der Waals surface area contributed by atoms with E-state index in [0.717, 1.165) is 6.42 Å². The Morgan fingerprint density at radius 3 is 2.20 bits per heavy atom. The topological polar surface area (TPSA) is 63.3 Å². The summed E-state index contributed by atoms with van der Waals surface area (Å²) in [6.07, 6.45) is 0.813. The Bertz CT molecular complexity index is 108. The predicted octanol–water partition coefficient (Wildman–Crippen LogP) is -0.204. The van der Waals surface area contributed by atoms with Crippen LogP contribution in [-0.4, -0.2) is 46.7 Å². The Morgan fingerprint density at radius 2 is 2.10 bits per heavy atom. The van der Waals surface area contributed by atoms with E-state index < -0.39 is 12.0 Å². The number of rotatable bonds is 3. The average Bonchev–Trinajstić information content (AvgIpc) is 1.84. The maximum absolute atomic E-state index is 10.2. The zero-order valence-corrected chi connectivity index (χ0v) is 5.79. The van der Waals surface area contributed by atoms with Crippen molar-refractivity contribution in [2.24, 2.45) is 11.7 Å². The molecule has 4 heteroatoms. The minimum absolute atomic E-state index is 0. The summed E-state index contributed by atoms with van der Waals surface area (Å²) in [6, 6.07) is -0.699. The molecule has 0 heterocycles. The minimum atomic E-state index is -0.913. The molecule has 0 aromatic heterocycles. The molecule has 0 radical (unpaired) electrons. The molecule has 2 atom stereocenters. The summed E-state index contributed by atoms with van der Waals surface area (Å²) >= 11 is 0. The third-order valence-corrected chi connectivity index (χ3v) is 1.54. The molecule has 0 fully saturated rings. The molecule has 10 heavy (non-hydrogen) atoms. The van der Waals surface area contributed by atoms with Gasteiger partial charge in [-0.3, -0.25) is 4.79 Å². The van der Waals surface area contributed by atoms with Gasteiger partial charge in [0.1, 0.15) is 6.04 Å². The maximum atomic E-state index is 10.2. The Balaban J connectivity index is 0. The first kappa shape index (κ1) is 13.1. The van der Waals surface area contributed by atoms with Gasteiger partial charge >= 0.3 is 35.5 Å². The van der Waals surface area contributed by atoms with Gasteiger partial charge in [0.15, 0.2) is 0 Å². The van der Waals surface area contributed by atoms with Crippen LogP contribution in [-0.2, 0) is 4.79 Å². The van der Waals surface area contributed by atoms with E-state index in [-0.39, 0.29) is 35.5 Å². The molecule has 0 aromatic rings. The number of nitrogens with two attached hydrogens (primary N) is 1. The van der Waals surface area contributed by atoms with Gasteiger partial charge in [0, 0.05) is 0 Å². The number of hydrogen-bond donors (Lipinski definition) is 2. The fourth-order valence-electron chi connectivity index (χ4n) is 0.497. The number of carboxylic acids is 1. The molecule has 0 saturated heterocycles. The zero-order valence-electron chi connectivity index (χ0n) is 5.79. The SMILES string of the molecule is CC[C@H](C)[C@H](N)C(=O)O.[NaH]. The van der Waals surface area contributed by atoms with Gasteiger partial charge in [0.05, 0.1) is 0 Å². The van der Waals surface area contributed by atoms with Crippen molar-refractivity contribution in [1.82, 2.24) is 0 Å². The average molecular weight is 155 g/mol. The fraction of sp³-hybridized carbons (Fsp3) is 0.833. The molecule has 56 valence electrons. The van der Waals surface area contributed by atoms with E-state index in [9.17, 15) is 4.79 Å². The number of hydrogen-bond acceptors (Lipinski definition) is 2. The van der Waals surface area contributed by atoms with Crippen molar-refractivity contribution in [1.29, 1.82) is 0 Å². The summed E-state index contributed by atoms with van der Waals surface area (Å²) in [5.41, 5.74) is 5.27.